The summed E-state index contributed by atoms with van der Waals surface area (Å²) in [4.78, 5) is 31.3. The van der Waals surface area contributed by atoms with E-state index in [4.69, 9.17) is 13.7 Å². The highest BCUT2D eigenvalue weighted by molar-refractivity contribution is 7.86. The van der Waals surface area contributed by atoms with Crippen LogP contribution in [0.1, 0.15) is 36.7 Å². The standard InChI is InChI=1S/C28H34N4O7S/c1-28(2,3)38-27(34)32-21-8-7-18(31-11-9-30(4)10-12-31)13-17(21)14-22(32)19-15-23(37-5)25(39-40(6,35)36)20-16-29-26(33)24(19)20/h7-8,13-15H,9-12,16H2,1-6H3,(H,29,33). The van der Waals surface area contributed by atoms with Gasteiger partial charge in [0, 0.05) is 54.9 Å². The van der Waals surface area contributed by atoms with Gasteiger partial charge >= 0.3 is 16.2 Å². The molecule has 2 aromatic carbocycles. The second-order valence-corrected chi connectivity index (χ2v) is 12.7. The first-order valence-corrected chi connectivity index (χ1v) is 14.8. The first-order valence-electron chi connectivity index (χ1n) is 13.0. The lowest BCUT2D eigenvalue weighted by atomic mass is 9.98. The molecule has 0 saturated carbocycles. The maximum atomic E-state index is 13.6. The molecule has 3 aromatic rings. The number of fused-ring (bicyclic) bond motifs is 2. The predicted molar refractivity (Wildman–Crippen MR) is 152 cm³/mol. The van der Waals surface area contributed by atoms with E-state index in [9.17, 15) is 18.0 Å². The van der Waals surface area contributed by atoms with Gasteiger partial charge in [-0.1, -0.05) is 0 Å². The van der Waals surface area contributed by atoms with Gasteiger partial charge < -0.3 is 28.8 Å². The van der Waals surface area contributed by atoms with Crippen molar-refractivity contribution < 1.29 is 31.7 Å². The molecule has 2 aliphatic heterocycles. The normalized spacial score (nSPS) is 16.1. The number of benzene rings is 2. The number of methoxy groups -OCH3 is 1. The number of rotatable bonds is 5. The third-order valence-electron chi connectivity index (χ3n) is 6.96. The summed E-state index contributed by atoms with van der Waals surface area (Å²) in [5.41, 5.74) is 2.24. The van der Waals surface area contributed by atoms with Gasteiger partial charge in [-0.15, -0.1) is 0 Å². The molecule has 1 saturated heterocycles. The Morgan fingerprint density at radius 3 is 2.38 bits per heavy atom. The van der Waals surface area contributed by atoms with E-state index in [-0.39, 0.29) is 23.6 Å². The highest BCUT2D eigenvalue weighted by atomic mass is 32.2. The number of hydrogen-bond donors (Lipinski definition) is 1. The minimum atomic E-state index is -3.91. The van der Waals surface area contributed by atoms with Gasteiger partial charge in [0.15, 0.2) is 11.5 Å². The molecule has 214 valence electrons. The van der Waals surface area contributed by atoms with Crippen LogP contribution < -0.4 is 19.1 Å². The Balaban J connectivity index is 1.74. The number of carbonyl (C=O) groups excluding carboxylic acids is 2. The van der Waals surface area contributed by atoms with Gasteiger partial charge in [-0.25, -0.2) is 9.36 Å². The van der Waals surface area contributed by atoms with E-state index in [1.807, 2.05) is 24.3 Å². The Bertz CT molecular complexity index is 1610. The zero-order valence-electron chi connectivity index (χ0n) is 23.5. The molecule has 11 nitrogen and oxygen atoms in total. The summed E-state index contributed by atoms with van der Waals surface area (Å²) in [5, 5.41) is 3.54. The Morgan fingerprint density at radius 1 is 1.05 bits per heavy atom. The van der Waals surface area contributed by atoms with Gasteiger partial charge in [0.2, 0.25) is 0 Å². The molecule has 5 rings (SSSR count). The lowest BCUT2D eigenvalue weighted by Crippen LogP contribution is -2.44. The third kappa shape index (κ3) is 5.33. The van der Waals surface area contributed by atoms with E-state index >= 15 is 0 Å². The van der Waals surface area contributed by atoms with E-state index in [1.165, 1.54) is 17.7 Å². The van der Waals surface area contributed by atoms with Crippen molar-refractivity contribution in [2.45, 2.75) is 32.9 Å². The Kier molecular flexibility index (Phi) is 6.95. The number of carbonyl (C=O) groups is 2. The summed E-state index contributed by atoms with van der Waals surface area (Å²) in [7, 11) is -0.428. The van der Waals surface area contributed by atoms with E-state index in [0.717, 1.165) is 43.5 Å². The van der Waals surface area contributed by atoms with Crippen LogP contribution in [0, 0.1) is 0 Å². The van der Waals surface area contributed by atoms with Crippen molar-refractivity contribution in [3.05, 3.63) is 41.5 Å². The van der Waals surface area contributed by atoms with Crippen LogP contribution >= 0.6 is 0 Å². The van der Waals surface area contributed by atoms with Crippen molar-refractivity contribution >= 4 is 38.7 Å². The molecule has 0 bridgehead atoms. The van der Waals surface area contributed by atoms with Gasteiger partial charge in [0.05, 0.1) is 30.1 Å². The van der Waals surface area contributed by atoms with Crippen LogP contribution in [0.4, 0.5) is 10.5 Å². The second-order valence-electron chi connectivity index (χ2n) is 11.2. The Hall–Kier alpha value is -3.77. The average Bonchev–Trinajstić information content (AvgIpc) is 3.43. The molecule has 12 heteroatoms. The van der Waals surface area contributed by atoms with Crippen LogP contribution in [0.25, 0.3) is 22.2 Å². The summed E-state index contributed by atoms with van der Waals surface area (Å²) in [5.74, 6) is -0.348. The zero-order valence-corrected chi connectivity index (χ0v) is 24.3. The second kappa shape index (κ2) is 10.0. The Labute approximate surface area is 233 Å². The fourth-order valence-corrected chi connectivity index (χ4v) is 5.63. The molecule has 1 N–H and O–H groups in total. The Morgan fingerprint density at radius 2 is 1.75 bits per heavy atom. The number of amides is 1. The first kappa shape index (κ1) is 27.8. The zero-order chi connectivity index (χ0) is 29.0. The quantitative estimate of drug-likeness (QED) is 0.460. The molecule has 1 aromatic heterocycles. The number of anilines is 1. The largest absolute Gasteiger partial charge is 0.493 e. The molecule has 0 atom stereocenters. The topological polar surface area (TPSA) is 119 Å². The molecule has 0 radical (unpaired) electrons. The molecule has 2 aliphatic rings. The smallest absolute Gasteiger partial charge is 0.419 e. The van der Waals surface area contributed by atoms with Crippen molar-refractivity contribution in [3.8, 4) is 22.8 Å². The lowest BCUT2D eigenvalue weighted by Gasteiger charge is -2.34. The van der Waals surface area contributed by atoms with E-state index in [1.54, 1.807) is 20.8 Å². The van der Waals surface area contributed by atoms with Crippen LogP contribution in [0.5, 0.6) is 11.5 Å². The third-order valence-corrected chi connectivity index (χ3v) is 7.43. The van der Waals surface area contributed by atoms with Gasteiger partial charge in [-0.2, -0.15) is 8.42 Å². The van der Waals surface area contributed by atoms with Gasteiger partial charge in [-0.3, -0.25) is 4.79 Å². The maximum Gasteiger partial charge on any atom is 0.419 e. The van der Waals surface area contributed by atoms with Crippen molar-refractivity contribution in [1.82, 2.24) is 14.8 Å². The molecule has 0 aliphatic carbocycles. The van der Waals surface area contributed by atoms with Gasteiger partial charge in [-0.05, 0) is 58.2 Å². The number of ether oxygens (including phenoxy) is 2. The highest BCUT2D eigenvalue weighted by Gasteiger charge is 2.34. The minimum Gasteiger partial charge on any atom is -0.493 e. The van der Waals surface area contributed by atoms with E-state index in [0.29, 0.717) is 22.3 Å². The highest BCUT2D eigenvalue weighted by Crippen LogP contribution is 2.44. The first-order chi connectivity index (χ1) is 18.8. The summed E-state index contributed by atoms with van der Waals surface area (Å²) in [6.07, 6.45) is 0.322. The van der Waals surface area contributed by atoms with Crippen LogP contribution in [0.15, 0.2) is 30.3 Å². The summed E-state index contributed by atoms with van der Waals surface area (Å²) >= 11 is 0. The SMILES string of the molecule is COc1cc(-c2cc3cc(N4CCN(C)CC4)ccc3n2C(=O)OC(C)(C)C)c2c(c1OS(C)(=O)=O)CNC2=O. The number of piperazine rings is 1. The number of nitrogens with zero attached hydrogens (tertiary/aromatic N) is 3. The number of nitrogens with one attached hydrogen (secondary N) is 1. The summed E-state index contributed by atoms with van der Waals surface area (Å²) in [6, 6.07) is 9.27. The lowest BCUT2D eigenvalue weighted by molar-refractivity contribution is 0.0546. The summed E-state index contributed by atoms with van der Waals surface area (Å²) < 4.78 is 42.0. The van der Waals surface area contributed by atoms with Crippen molar-refractivity contribution in [2.75, 3.05) is 51.5 Å². The van der Waals surface area contributed by atoms with Crippen LogP contribution in [-0.2, 0) is 21.4 Å². The predicted octanol–water partition coefficient (Wildman–Crippen LogP) is 3.43. The van der Waals surface area contributed by atoms with E-state index < -0.39 is 27.7 Å². The van der Waals surface area contributed by atoms with E-state index in [2.05, 4.69) is 22.2 Å². The molecule has 40 heavy (non-hydrogen) atoms. The van der Waals surface area contributed by atoms with Gasteiger partial charge in [0.1, 0.15) is 5.60 Å². The molecule has 1 fully saturated rings. The molecular weight excluding hydrogens is 536 g/mol. The van der Waals surface area contributed by atoms with Crippen molar-refractivity contribution in [1.29, 1.82) is 0 Å². The van der Waals surface area contributed by atoms with Crippen LogP contribution in [-0.4, -0.2) is 82.1 Å². The molecule has 0 unspecified atom stereocenters. The van der Waals surface area contributed by atoms with Crippen LogP contribution in [0.2, 0.25) is 0 Å². The molecule has 3 heterocycles. The summed E-state index contributed by atoms with van der Waals surface area (Å²) in [6.45, 7) is 9.07. The molecule has 1 amide bonds. The fraction of sp³-hybridized carbons (Fsp3) is 0.429. The number of hydrogen-bond acceptors (Lipinski definition) is 9. The van der Waals surface area contributed by atoms with Crippen molar-refractivity contribution in [2.24, 2.45) is 0 Å². The average molecular weight is 571 g/mol. The number of aromatic nitrogens is 1. The monoisotopic (exact) mass is 570 g/mol. The van der Waals surface area contributed by atoms with Gasteiger partial charge in [0.25, 0.3) is 5.91 Å². The maximum absolute atomic E-state index is 13.6. The molecule has 0 spiro atoms. The fourth-order valence-electron chi connectivity index (χ4n) is 5.14. The van der Waals surface area contributed by atoms with Crippen LogP contribution in [0.3, 0.4) is 0 Å². The number of likely N-dealkylation sites (N-methyl/N-ethyl adjacent to an activating group) is 1. The molecular formula is C28H34N4O7S. The van der Waals surface area contributed by atoms with Crippen molar-refractivity contribution in [3.63, 3.8) is 0 Å². The minimum absolute atomic E-state index is 0.0451.